The van der Waals surface area contributed by atoms with Crippen LogP contribution in [0.4, 0.5) is 0 Å². The molecule has 0 N–H and O–H groups in total. The summed E-state index contributed by atoms with van der Waals surface area (Å²) in [4.78, 5) is 1.23. The predicted molar refractivity (Wildman–Crippen MR) is 67.9 cm³/mol. The molecule has 0 aromatic rings. The van der Waals surface area contributed by atoms with Crippen molar-refractivity contribution in [2.45, 2.75) is 50.2 Å². The van der Waals surface area contributed by atoms with Crippen LogP contribution in [0.1, 0.15) is 45.4 Å². The summed E-state index contributed by atoms with van der Waals surface area (Å²) in [5.74, 6) is 3.02. The van der Waals surface area contributed by atoms with Crippen LogP contribution in [0.15, 0.2) is 11.0 Å². The number of nitrogens with zero attached hydrogens (tertiary/aromatic N) is 1. The molecule has 0 radical (unpaired) electrons. The highest BCUT2D eigenvalue weighted by molar-refractivity contribution is 8.04. The van der Waals surface area contributed by atoms with Gasteiger partial charge in [-0.15, -0.1) is 11.8 Å². The third-order valence-corrected chi connectivity index (χ3v) is 6.00. The first-order valence-electron chi connectivity index (χ1n) is 6.44. The Morgan fingerprint density at radius 2 is 1.69 bits per heavy atom. The molecule has 0 unspecified atom stereocenters. The molecule has 0 atom stereocenters. The lowest BCUT2D eigenvalue weighted by Gasteiger charge is -2.56. The van der Waals surface area contributed by atoms with Crippen LogP contribution in [0.5, 0.6) is 0 Å². The lowest BCUT2D eigenvalue weighted by atomic mass is 9.56. The van der Waals surface area contributed by atoms with Gasteiger partial charge in [-0.25, -0.2) is 0 Å². The molecule has 4 fully saturated rings. The Hall–Kier alpha value is -0.420. The van der Waals surface area contributed by atoms with Crippen molar-refractivity contribution in [3.63, 3.8) is 0 Å². The smallest absolute Gasteiger partial charge is 0.0920 e. The Balaban J connectivity index is 1.79. The van der Waals surface area contributed by atoms with Gasteiger partial charge in [0.05, 0.1) is 6.07 Å². The monoisotopic (exact) mass is 233 g/mol. The van der Waals surface area contributed by atoms with Crippen molar-refractivity contribution in [3.05, 3.63) is 11.0 Å². The molecule has 0 saturated heterocycles. The van der Waals surface area contributed by atoms with Crippen molar-refractivity contribution in [3.8, 4) is 6.07 Å². The van der Waals surface area contributed by atoms with Gasteiger partial charge in [0.15, 0.2) is 0 Å². The van der Waals surface area contributed by atoms with E-state index in [1.54, 1.807) is 6.08 Å². The molecule has 16 heavy (non-hydrogen) atoms. The van der Waals surface area contributed by atoms with E-state index in [1.807, 2.05) is 11.8 Å². The van der Waals surface area contributed by atoms with Crippen LogP contribution in [-0.2, 0) is 0 Å². The summed E-state index contributed by atoms with van der Waals surface area (Å²) in [5.41, 5.74) is 0. The number of hydrogen-bond acceptors (Lipinski definition) is 2. The van der Waals surface area contributed by atoms with E-state index >= 15 is 0 Å². The Morgan fingerprint density at radius 3 is 2.12 bits per heavy atom. The average molecular weight is 233 g/mol. The maximum absolute atomic E-state index is 8.71. The second-order valence-electron chi connectivity index (χ2n) is 6.09. The van der Waals surface area contributed by atoms with Crippen molar-refractivity contribution in [2.75, 3.05) is 0 Å². The Kier molecular flexibility index (Phi) is 2.55. The zero-order chi connectivity index (χ0) is 11.2. The number of thioether (sulfide) groups is 1. The minimum absolute atomic E-state index is 0.520. The van der Waals surface area contributed by atoms with Crippen molar-refractivity contribution >= 4 is 11.8 Å². The van der Waals surface area contributed by atoms with Gasteiger partial charge in [0.2, 0.25) is 0 Å². The molecule has 4 aliphatic carbocycles. The molecule has 2 heteroatoms. The van der Waals surface area contributed by atoms with Gasteiger partial charge in [0.1, 0.15) is 0 Å². The number of hydrogen-bond donors (Lipinski definition) is 0. The average Bonchev–Trinajstić information content (AvgIpc) is 2.13. The molecular formula is C14H19NS. The molecule has 4 saturated carbocycles. The highest BCUT2D eigenvalue weighted by atomic mass is 32.2. The fourth-order valence-electron chi connectivity index (χ4n) is 4.62. The molecule has 0 aromatic heterocycles. The topological polar surface area (TPSA) is 23.8 Å². The first-order chi connectivity index (χ1) is 7.69. The molecule has 0 amide bonds. The molecule has 4 rings (SSSR count). The molecular weight excluding hydrogens is 214 g/mol. The van der Waals surface area contributed by atoms with Crippen LogP contribution in [0, 0.1) is 29.1 Å². The minimum Gasteiger partial charge on any atom is -0.193 e. The van der Waals surface area contributed by atoms with Gasteiger partial charge in [-0.1, -0.05) is 0 Å². The van der Waals surface area contributed by atoms with E-state index in [0.29, 0.717) is 4.75 Å². The largest absolute Gasteiger partial charge is 0.193 e. The third kappa shape index (κ3) is 1.80. The molecule has 4 bridgehead atoms. The van der Waals surface area contributed by atoms with E-state index in [-0.39, 0.29) is 0 Å². The van der Waals surface area contributed by atoms with Crippen LogP contribution in [0.25, 0.3) is 0 Å². The van der Waals surface area contributed by atoms with Crippen LogP contribution >= 0.6 is 11.8 Å². The second-order valence-corrected chi connectivity index (χ2v) is 7.80. The summed E-state index contributed by atoms with van der Waals surface area (Å²) in [6, 6.07) is 2.17. The van der Waals surface area contributed by atoms with Crippen molar-refractivity contribution in [1.82, 2.24) is 0 Å². The Labute approximate surface area is 102 Å². The highest BCUT2D eigenvalue weighted by Gasteiger charge is 2.51. The molecule has 4 aliphatic rings. The molecule has 0 aliphatic heterocycles. The third-order valence-electron chi connectivity index (χ3n) is 4.63. The molecule has 0 heterocycles. The number of rotatable bonds is 2. The number of nitriles is 1. The molecule has 0 spiro atoms. The van der Waals surface area contributed by atoms with Crippen LogP contribution < -0.4 is 0 Å². The standard InChI is InChI=1S/C14H19NS/c1-10(2-3-15)16-14-7-11-4-12(8-14)6-13(5-11)9-14/h2,11-13H,4-9H2,1H3/b10-2+. The summed E-state index contributed by atoms with van der Waals surface area (Å²) in [6.07, 6.45) is 10.5. The van der Waals surface area contributed by atoms with Gasteiger partial charge in [-0.2, -0.15) is 5.26 Å². The first-order valence-corrected chi connectivity index (χ1v) is 7.26. The lowest BCUT2D eigenvalue weighted by Crippen LogP contribution is -2.48. The van der Waals surface area contributed by atoms with E-state index in [9.17, 15) is 0 Å². The van der Waals surface area contributed by atoms with Crippen molar-refractivity contribution < 1.29 is 0 Å². The van der Waals surface area contributed by atoms with Gasteiger partial charge in [-0.05, 0) is 68.1 Å². The SMILES string of the molecule is C/C(=C\C#N)SC12CC3CC(CC(C3)C1)C2. The normalized spacial score (nSPS) is 45.8. The van der Waals surface area contributed by atoms with E-state index in [1.165, 1.54) is 43.4 Å². The van der Waals surface area contributed by atoms with Gasteiger partial charge in [0, 0.05) is 10.8 Å². The van der Waals surface area contributed by atoms with Gasteiger partial charge < -0.3 is 0 Å². The fraction of sp³-hybridized carbons (Fsp3) is 0.786. The van der Waals surface area contributed by atoms with Gasteiger partial charge >= 0.3 is 0 Å². The van der Waals surface area contributed by atoms with E-state index in [0.717, 1.165) is 17.8 Å². The second kappa shape index (κ2) is 3.81. The summed E-state index contributed by atoms with van der Waals surface area (Å²) >= 11 is 2.02. The van der Waals surface area contributed by atoms with Crippen molar-refractivity contribution in [1.29, 1.82) is 5.26 Å². The molecule has 86 valence electrons. The summed E-state index contributed by atoms with van der Waals surface area (Å²) in [5, 5.41) is 8.71. The van der Waals surface area contributed by atoms with E-state index in [4.69, 9.17) is 5.26 Å². The summed E-state index contributed by atoms with van der Waals surface area (Å²) in [6.45, 7) is 2.10. The molecule has 1 nitrogen and oxygen atoms in total. The highest BCUT2D eigenvalue weighted by Crippen LogP contribution is 2.61. The quantitative estimate of drug-likeness (QED) is 0.670. The zero-order valence-electron chi connectivity index (χ0n) is 9.91. The Morgan fingerprint density at radius 1 is 1.19 bits per heavy atom. The summed E-state index contributed by atoms with van der Waals surface area (Å²) in [7, 11) is 0. The first kappa shape index (κ1) is 10.7. The minimum atomic E-state index is 0.520. The van der Waals surface area contributed by atoms with Crippen LogP contribution in [0.3, 0.4) is 0 Å². The lowest BCUT2D eigenvalue weighted by molar-refractivity contribution is 0.0386. The fourth-order valence-corrected chi connectivity index (χ4v) is 6.37. The van der Waals surface area contributed by atoms with E-state index < -0.39 is 0 Å². The van der Waals surface area contributed by atoms with Gasteiger partial charge in [0.25, 0.3) is 0 Å². The van der Waals surface area contributed by atoms with Crippen LogP contribution in [-0.4, -0.2) is 4.75 Å². The molecule has 0 aromatic carbocycles. The number of allylic oxidation sites excluding steroid dienone is 2. The van der Waals surface area contributed by atoms with Crippen molar-refractivity contribution in [2.24, 2.45) is 17.8 Å². The zero-order valence-corrected chi connectivity index (χ0v) is 10.7. The maximum atomic E-state index is 8.71. The van der Waals surface area contributed by atoms with Crippen LogP contribution in [0.2, 0.25) is 0 Å². The maximum Gasteiger partial charge on any atom is 0.0920 e. The summed E-state index contributed by atoms with van der Waals surface area (Å²) < 4.78 is 0.520. The Bertz CT molecular complexity index is 328. The van der Waals surface area contributed by atoms with Gasteiger partial charge in [-0.3, -0.25) is 0 Å². The van der Waals surface area contributed by atoms with E-state index in [2.05, 4.69) is 13.0 Å². The predicted octanol–water partition coefficient (Wildman–Crippen LogP) is 4.12.